The molecule has 0 amide bonds. The monoisotopic (exact) mass is 300 g/mol. The van der Waals surface area contributed by atoms with Crippen LogP contribution in [0.1, 0.15) is 12.5 Å². The zero-order valence-corrected chi connectivity index (χ0v) is 11.6. The lowest BCUT2D eigenvalue weighted by Crippen LogP contribution is -2.21. The zero-order chi connectivity index (χ0) is 12.1. The van der Waals surface area contributed by atoms with Gasteiger partial charge in [0.2, 0.25) is 0 Å². The lowest BCUT2D eigenvalue weighted by Gasteiger charge is -2.12. The van der Waals surface area contributed by atoms with Crippen molar-refractivity contribution >= 4 is 32.4 Å². The number of nitriles is 1. The van der Waals surface area contributed by atoms with Crippen LogP contribution in [0.3, 0.4) is 0 Å². The van der Waals surface area contributed by atoms with Gasteiger partial charge in [-0.2, -0.15) is 5.26 Å². The molecule has 0 aliphatic carbocycles. The zero-order valence-electron chi connectivity index (χ0n) is 9.16. The van der Waals surface area contributed by atoms with E-state index in [2.05, 4.69) is 27.3 Å². The van der Waals surface area contributed by atoms with Crippen LogP contribution < -0.4 is 5.32 Å². The molecule has 1 aromatic carbocycles. The summed E-state index contributed by atoms with van der Waals surface area (Å²) in [4.78, 5) is 0. The number of benzene rings is 1. The van der Waals surface area contributed by atoms with Crippen molar-refractivity contribution in [2.24, 2.45) is 0 Å². The Labute approximate surface area is 106 Å². The molecule has 0 fully saturated rings. The molecule has 1 aromatic rings. The molecule has 0 spiro atoms. The van der Waals surface area contributed by atoms with E-state index < -0.39 is 10.8 Å². The summed E-state index contributed by atoms with van der Waals surface area (Å²) in [6, 6.07) is 7.66. The van der Waals surface area contributed by atoms with E-state index in [0.717, 1.165) is 10.2 Å². The highest BCUT2D eigenvalue weighted by atomic mass is 79.9. The number of rotatable bonds is 4. The SMILES string of the molecule is CC(CNc1cccc(Br)c1C#N)S(C)=O. The Morgan fingerprint density at radius 2 is 2.31 bits per heavy atom. The van der Waals surface area contributed by atoms with Crippen LogP contribution in [0.25, 0.3) is 0 Å². The third-order valence-corrected chi connectivity index (χ3v) is 4.23. The molecule has 16 heavy (non-hydrogen) atoms. The molecule has 2 atom stereocenters. The highest BCUT2D eigenvalue weighted by molar-refractivity contribution is 9.10. The topological polar surface area (TPSA) is 52.9 Å². The number of nitrogens with one attached hydrogen (secondary N) is 1. The van der Waals surface area contributed by atoms with E-state index in [1.54, 1.807) is 6.26 Å². The van der Waals surface area contributed by atoms with Gasteiger partial charge in [0.25, 0.3) is 0 Å². The lowest BCUT2D eigenvalue weighted by atomic mass is 10.2. The number of anilines is 1. The molecular weight excluding hydrogens is 288 g/mol. The fourth-order valence-corrected chi connectivity index (χ4v) is 1.93. The average molecular weight is 301 g/mol. The van der Waals surface area contributed by atoms with Crippen molar-refractivity contribution in [2.45, 2.75) is 12.2 Å². The van der Waals surface area contributed by atoms with Crippen molar-refractivity contribution in [1.29, 1.82) is 5.26 Å². The van der Waals surface area contributed by atoms with Gasteiger partial charge in [0.1, 0.15) is 6.07 Å². The molecule has 2 unspecified atom stereocenters. The van der Waals surface area contributed by atoms with Gasteiger partial charge in [-0.1, -0.05) is 6.07 Å². The molecular formula is C11H13BrN2OS. The second-order valence-electron chi connectivity index (χ2n) is 3.46. The Hall–Kier alpha value is -0.860. The Morgan fingerprint density at radius 1 is 1.62 bits per heavy atom. The van der Waals surface area contributed by atoms with Gasteiger partial charge in [0.05, 0.1) is 11.3 Å². The van der Waals surface area contributed by atoms with Crippen LogP contribution in [0.4, 0.5) is 5.69 Å². The third kappa shape index (κ3) is 3.32. The summed E-state index contributed by atoms with van der Waals surface area (Å²) in [5.74, 6) is 0. The van der Waals surface area contributed by atoms with Gasteiger partial charge in [-0.05, 0) is 35.0 Å². The highest BCUT2D eigenvalue weighted by Crippen LogP contribution is 2.23. The minimum absolute atomic E-state index is 0.0607. The number of halogens is 1. The summed E-state index contributed by atoms with van der Waals surface area (Å²) < 4.78 is 12.0. The first-order valence-corrected chi connectivity index (χ1v) is 7.22. The molecule has 0 aromatic heterocycles. The molecule has 0 radical (unpaired) electrons. The summed E-state index contributed by atoms with van der Waals surface area (Å²) in [5.41, 5.74) is 1.35. The van der Waals surface area contributed by atoms with E-state index in [0.29, 0.717) is 12.1 Å². The van der Waals surface area contributed by atoms with E-state index >= 15 is 0 Å². The van der Waals surface area contributed by atoms with E-state index in [9.17, 15) is 4.21 Å². The molecule has 0 aliphatic heterocycles. The van der Waals surface area contributed by atoms with E-state index in [-0.39, 0.29) is 5.25 Å². The minimum Gasteiger partial charge on any atom is -0.383 e. The van der Waals surface area contributed by atoms with Crippen LogP contribution in [-0.2, 0) is 10.8 Å². The van der Waals surface area contributed by atoms with Crippen molar-refractivity contribution in [3.63, 3.8) is 0 Å². The largest absolute Gasteiger partial charge is 0.383 e. The second kappa shape index (κ2) is 6.02. The van der Waals surface area contributed by atoms with Crippen molar-refractivity contribution in [2.75, 3.05) is 18.1 Å². The quantitative estimate of drug-likeness (QED) is 0.929. The minimum atomic E-state index is -0.855. The van der Waals surface area contributed by atoms with Gasteiger partial charge in [-0.25, -0.2) is 0 Å². The lowest BCUT2D eigenvalue weighted by molar-refractivity contribution is 0.679. The molecule has 0 saturated carbocycles. The van der Waals surface area contributed by atoms with E-state index in [4.69, 9.17) is 5.26 Å². The van der Waals surface area contributed by atoms with Gasteiger partial charge in [0.15, 0.2) is 0 Å². The Bertz CT molecular complexity index is 442. The molecule has 1 rings (SSSR count). The molecule has 3 nitrogen and oxygen atoms in total. The van der Waals surface area contributed by atoms with Crippen LogP contribution >= 0.6 is 15.9 Å². The van der Waals surface area contributed by atoms with E-state index in [1.807, 2.05) is 25.1 Å². The summed E-state index contributed by atoms with van der Waals surface area (Å²) in [5, 5.41) is 12.2. The third-order valence-electron chi connectivity index (χ3n) is 2.27. The van der Waals surface area contributed by atoms with Crippen LogP contribution in [-0.4, -0.2) is 22.3 Å². The van der Waals surface area contributed by atoms with Gasteiger partial charge >= 0.3 is 0 Å². The summed E-state index contributed by atoms with van der Waals surface area (Å²) in [7, 11) is -0.855. The summed E-state index contributed by atoms with van der Waals surface area (Å²) in [6.45, 7) is 2.50. The molecule has 5 heteroatoms. The maximum absolute atomic E-state index is 11.2. The first-order valence-electron chi connectivity index (χ1n) is 4.81. The van der Waals surface area contributed by atoms with E-state index in [1.165, 1.54) is 0 Å². The predicted octanol–water partition coefficient (Wildman–Crippen LogP) is 2.50. The van der Waals surface area contributed by atoms with Crippen molar-refractivity contribution in [1.82, 2.24) is 0 Å². The van der Waals surface area contributed by atoms with Gasteiger partial charge in [-0.3, -0.25) is 4.21 Å². The molecule has 86 valence electrons. The Kier molecular flexibility index (Phi) is 4.97. The van der Waals surface area contributed by atoms with Gasteiger partial charge in [-0.15, -0.1) is 0 Å². The fourth-order valence-electron chi connectivity index (χ4n) is 1.16. The van der Waals surface area contributed by atoms with Crippen molar-refractivity contribution in [3.8, 4) is 6.07 Å². The number of nitrogens with zero attached hydrogens (tertiary/aromatic N) is 1. The first-order chi connectivity index (χ1) is 7.56. The van der Waals surface area contributed by atoms with Crippen LogP contribution in [0.2, 0.25) is 0 Å². The first kappa shape index (κ1) is 13.2. The standard InChI is InChI=1S/C11H13BrN2OS/c1-8(16(2)15)7-14-11-5-3-4-10(12)9(11)6-13/h3-5,8,14H,7H2,1-2H3. The highest BCUT2D eigenvalue weighted by Gasteiger charge is 2.09. The Balaban J connectivity index is 2.79. The normalized spacial score (nSPS) is 13.9. The fraction of sp³-hybridized carbons (Fsp3) is 0.364. The average Bonchev–Trinajstić information content (AvgIpc) is 2.25. The van der Waals surface area contributed by atoms with Crippen LogP contribution in [0.15, 0.2) is 22.7 Å². The molecule has 0 aliphatic rings. The predicted molar refractivity (Wildman–Crippen MR) is 70.9 cm³/mol. The Morgan fingerprint density at radius 3 is 2.88 bits per heavy atom. The number of hydrogen-bond acceptors (Lipinski definition) is 3. The number of hydrogen-bond donors (Lipinski definition) is 1. The summed E-state index contributed by atoms with van der Waals surface area (Å²) >= 11 is 3.32. The van der Waals surface area contributed by atoms with Crippen molar-refractivity contribution < 1.29 is 4.21 Å². The molecule has 1 N–H and O–H groups in total. The maximum atomic E-state index is 11.2. The van der Waals surface area contributed by atoms with Crippen LogP contribution in [0, 0.1) is 11.3 Å². The van der Waals surface area contributed by atoms with Gasteiger partial charge in [0, 0.05) is 33.3 Å². The smallest absolute Gasteiger partial charge is 0.103 e. The van der Waals surface area contributed by atoms with Gasteiger partial charge < -0.3 is 5.32 Å². The maximum Gasteiger partial charge on any atom is 0.103 e. The molecule has 0 heterocycles. The van der Waals surface area contributed by atoms with Crippen molar-refractivity contribution in [3.05, 3.63) is 28.2 Å². The van der Waals surface area contributed by atoms with Crippen LogP contribution in [0.5, 0.6) is 0 Å². The molecule has 0 bridgehead atoms. The second-order valence-corrected chi connectivity index (χ2v) is 6.12. The summed E-state index contributed by atoms with van der Waals surface area (Å²) in [6.07, 6.45) is 1.68. The molecule has 0 saturated heterocycles.